The van der Waals surface area contributed by atoms with Gasteiger partial charge < -0.3 is 0 Å². The molecule has 15 heavy (non-hydrogen) atoms. The van der Waals surface area contributed by atoms with Crippen molar-refractivity contribution < 1.29 is 0 Å². The fraction of sp³-hybridized carbons (Fsp3) is 0.286. The van der Waals surface area contributed by atoms with Crippen LogP contribution in [0.4, 0.5) is 0 Å². The Morgan fingerprint density at radius 2 is 2.00 bits per heavy atom. The summed E-state index contributed by atoms with van der Waals surface area (Å²) in [5, 5.41) is 0. The van der Waals surface area contributed by atoms with Gasteiger partial charge in [0.05, 0.1) is 0 Å². The number of hydrogen-bond donors (Lipinski definition) is 0. The molecule has 0 amide bonds. The molecule has 1 atom stereocenters. The Labute approximate surface area is 107 Å². The molecule has 0 heterocycles. The summed E-state index contributed by atoms with van der Waals surface area (Å²) >= 11 is 2.37. The van der Waals surface area contributed by atoms with Gasteiger partial charge in [-0.3, -0.25) is 0 Å². The molecule has 0 saturated heterocycles. The number of hydrogen-bond acceptors (Lipinski definition) is 0. The minimum atomic E-state index is 0.442. The molecule has 0 saturated carbocycles. The molecule has 0 radical (unpaired) electrons. The molecular formula is C14H19I. The van der Waals surface area contributed by atoms with E-state index in [0.717, 1.165) is 6.42 Å². The third-order valence-electron chi connectivity index (χ3n) is 2.14. The van der Waals surface area contributed by atoms with Gasteiger partial charge in [-0.1, -0.05) is 56.5 Å². The maximum absolute atomic E-state index is 3.87. The van der Waals surface area contributed by atoms with Crippen LogP contribution in [0, 0.1) is 5.92 Å². The van der Waals surface area contributed by atoms with Gasteiger partial charge in [0, 0.05) is 5.92 Å². The molecule has 1 heteroatoms. The lowest BCUT2D eigenvalue weighted by atomic mass is 9.95. The van der Waals surface area contributed by atoms with Gasteiger partial charge in [0.25, 0.3) is 0 Å². The van der Waals surface area contributed by atoms with Gasteiger partial charge in [-0.15, -0.1) is 0 Å². The Morgan fingerprint density at radius 1 is 1.33 bits per heavy atom. The minimum Gasteiger partial charge on any atom is -0.0990 e. The van der Waals surface area contributed by atoms with Crippen LogP contribution >= 0.6 is 22.6 Å². The molecule has 0 aromatic heterocycles. The van der Waals surface area contributed by atoms with Crippen LogP contribution in [0.1, 0.15) is 20.3 Å². The lowest BCUT2D eigenvalue weighted by Crippen LogP contribution is -2.00. The highest BCUT2D eigenvalue weighted by atomic mass is 127. The van der Waals surface area contributed by atoms with Crippen molar-refractivity contribution in [2.24, 2.45) is 5.92 Å². The van der Waals surface area contributed by atoms with Crippen LogP contribution in [0.3, 0.4) is 0 Å². The van der Waals surface area contributed by atoms with Crippen LogP contribution in [0.15, 0.2) is 58.8 Å². The Hall–Kier alpha value is -0.570. The van der Waals surface area contributed by atoms with Crippen molar-refractivity contribution in [1.29, 1.82) is 0 Å². The monoisotopic (exact) mass is 314 g/mol. The molecule has 0 spiro atoms. The largest absolute Gasteiger partial charge is 0.0990 e. The van der Waals surface area contributed by atoms with Gasteiger partial charge in [-0.2, -0.15) is 0 Å². The molecule has 0 rings (SSSR count). The molecule has 0 aliphatic rings. The zero-order valence-electron chi connectivity index (χ0n) is 9.54. The maximum Gasteiger partial charge on any atom is 0.0144 e. The van der Waals surface area contributed by atoms with Crippen LogP contribution in [-0.2, 0) is 0 Å². The van der Waals surface area contributed by atoms with Crippen LogP contribution in [0.25, 0.3) is 0 Å². The molecule has 1 unspecified atom stereocenters. The molecule has 0 aliphatic heterocycles. The third kappa shape index (κ3) is 5.17. The average Bonchev–Trinajstić information content (AvgIpc) is 2.24. The van der Waals surface area contributed by atoms with Crippen molar-refractivity contribution in [1.82, 2.24) is 0 Å². The average molecular weight is 314 g/mol. The summed E-state index contributed by atoms with van der Waals surface area (Å²) < 4.78 is 1.31. The summed E-state index contributed by atoms with van der Waals surface area (Å²) in [5.41, 5.74) is 1.26. The lowest BCUT2D eigenvalue weighted by molar-refractivity contribution is 0.739. The van der Waals surface area contributed by atoms with E-state index in [1.54, 1.807) is 0 Å². The van der Waals surface area contributed by atoms with Gasteiger partial charge in [0.1, 0.15) is 0 Å². The first-order valence-electron chi connectivity index (χ1n) is 5.14. The predicted octanol–water partition coefficient (Wildman–Crippen LogP) is 5.21. The first kappa shape index (κ1) is 14.4. The van der Waals surface area contributed by atoms with Crippen molar-refractivity contribution in [2.45, 2.75) is 20.3 Å². The molecule has 0 bridgehead atoms. The summed E-state index contributed by atoms with van der Waals surface area (Å²) in [6.45, 7) is 11.8. The van der Waals surface area contributed by atoms with Crippen LogP contribution in [0.5, 0.6) is 0 Å². The van der Waals surface area contributed by atoms with E-state index in [0.29, 0.717) is 5.92 Å². The van der Waals surface area contributed by atoms with E-state index in [-0.39, 0.29) is 0 Å². The topological polar surface area (TPSA) is 0 Å². The molecule has 0 aliphatic carbocycles. The normalized spacial score (nSPS) is 15.4. The van der Waals surface area contributed by atoms with E-state index in [2.05, 4.69) is 60.9 Å². The SMILES string of the molecule is C=C/C=C(/I)C(CC)/C(C=C)=C/C=C\C. The van der Waals surface area contributed by atoms with E-state index < -0.39 is 0 Å². The zero-order chi connectivity index (χ0) is 11.7. The fourth-order valence-corrected chi connectivity index (χ4v) is 2.41. The first-order chi connectivity index (χ1) is 7.21. The van der Waals surface area contributed by atoms with E-state index in [1.165, 1.54) is 9.15 Å². The van der Waals surface area contributed by atoms with Crippen molar-refractivity contribution in [3.63, 3.8) is 0 Å². The molecule has 0 N–H and O–H groups in total. The van der Waals surface area contributed by atoms with Gasteiger partial charge in [0.15, 0.2) is 0 Å². The Kier molecular flexibility index (Phi) is 8.38. The second-order valence-corrected chi connectivity index (χ2v) is 4.39. The van der Waals surface area contributed by atoms with Crippen molar-refractivity contribution >= 4 is 22.6 Å². The summed E-state index contributed by atoms with van der Waals surface area (Å²) in [6, 6.07) is 0. The van der Waals surface area contributed by atoms with E-state index in [1.807, 2.05) is 25.2 Å². The van der Waals surface area contributed by atoms with E-state index in [4.69, 9.17) is 0 Å². The Balaban J connectivity index is 4.99. The predicted molar refractivity (Wildman–Crippen MR) is 79.2 cm³/mol. The van der Waals surface area contributed by atoms with Gasteiger partial charge in [-0.05, 0) is 45.1 Å². The van der Waals surface area contributed by atoms with Crippen LogP contribution < -0.4 is 0 Å². The standard InChI is InChI=1S/C14H19I/c1-5-9-11-12(7-3)13(8-4)14(15)10-6-2/h5-7,9-11,13H,2-3,8H2,1,4H3/b9-5-,12-11+,14-10+. The maximum atomic E-state index is 3.87. The van der Waals surface area contributed by atoms with Crippen molar-refractivity contribution in [2.75, 3.05) is 0 Å². The van der Waals surface area contributed by atoms with Crippen LogP contribution in [0.2, 0.25) is 0 Å². The number of halogens is 1. The summed E-state index contributed by atoms with van der Waals surface area (Å²) in [5.74, 6) is 0.442. The number of rotatable bonds is 6. The molecule has 0 fully saturated rings. The lowest BCUT2D eigenvalue weighted by Gasteiger charge is -2.15. The van der Waals surface area contributed by atoms with E-state index in [9.17, 15) is 0 Å². The number of allylic oxidation sites excluding steroid dienone is 8. The highest BCUT2D eigenvalue weighted by Crippen LogP contribution is 2.29. The van der Waals surface area contributed by atoms with Crippen molar-refractivity contribution in [3.8, 4) is 0 Å². The van der Waals surface area contributed by atoms with Gasteiger partial charge in [0.2, 0.25) is 0 Å². The fourth-order valence-electron chi connectivity index (χ4n) is 1.35. The second-order valence-electron chi connectivity index (χ2n) is 3.14. The zero-order valence-corrected chi connectivity index (χ0v) is 11.7. The van der Waals surface area contributed by atoms with Crippen LogP contribution in [-0.4, -0.2) is 0 Å². The molecule has 0 nitrogen and oxygen atoms in total. The Bertz CT molecular complexity index is 292. The molecule has 0 aromatic carbocycles. The Morgan fingerprint density at radius 3 is 2.40 bits per heavy atom. The highest BCUT2D eigenvalue weighted by Gasteiger charge is 2.11. The molecular weight excluding hydrogens is 295 g/mol. The molecule has 82 valence electrons. The van der Waals surface area contributed by atoms with Gasteiger partial charge in [-0.25, -0.2) is 0 Å². The van der Waals surface area contributed by atoms with Gasteiger partial charge >= 0.3 is 0 Å². The molecule has 0 aromatic rings. The highest BCUT2D eigenvalue weighted by molar-refractivity contribution is 14.1. The first-order valence-corrected chi connectivity index (χ1v) is 6.22. The summed E-state index contributed by atoms with van der Waals surface area (Å²) in [7, 11) is 0. The third-order valence-corrected chi connectivity index (χ3v) is 3.25. The van der Waals surface area contributed by atoms with E-state index >= 15 is 0 Å². The minimum absolute atomic E-state index is 0.442. The smallest absolute Gasteiger partial charge is 0.0144 e. The quantitative estimate of drug-likeness (QED) is 0.466. The van der Waals surface area contributed by atoms with Crippen molar-refractivity contribution in [3.05, 3.63) is 58.8 Å². The summed E-state index contributed by atoms with van der Waals surface area (Å²) in [6.07, 6.45) is 13.1. The summed E-state index contributed by atoms with van der Waals surface area (Å²) in [4.78, 5) is 0. The second kappa shape index (κ2) is 8.72.